The monoisotopic (exact) mass is 571 g/mol. The van der Waals surface area contributed by atoms with Gasteiger partial charge >= 0.3 is 0 Å². The first-order valence-electron chi connectivity index (χ1n) is 14.6. The van der Waals surface area contributed by atoms with E-state index in [9.17, 15) is 4.79 Å². The molecule has 0 saturated heterocycles. The van der Waals surface area contributed by atoms with Gasteiger partial charge in [-0.1, -0.05) is 78.9 Å². The fraction of sp³-hybridized carbons (Fsp3) is 0.0526. The maximum atomic E-state index is 13.7. The molecule has 5 heteroatoms. The second-order valence-electron chi connectivity index (χ2n) is 11.1. The van der Waals surface area contributed by atoms with Crippen LogP contribution in [0.2, 0.25) is 0 Å². The highest BCUT2D eigenvalue weighted by atomic mass is 32.1. The van der Waals surface area contributed by atoms with Gasteiger partial charge in [0.15, 0.2) is 5.43 Å². The lowest BCUT2D eigenvalue weighted by atomic mass is 10.1. The predicted octanol–water partition coefficient (Wildman–Crippen LogP) is 7.72. The van der Waals surface area contributed by atoms with Crippen LogP contribution in [0.1, 0.15) is 12.8 Å². The molecular formula is C38H25N3OS. The molecule has 5 aromatic carbocycles. The molecule has 3 aromatic heterocycles. The summed E-state index contributed by atoms with van der Waals surface area (Å²) in [5.74, 6) is 0.859. The lowest BCUT2D eigenvalue weighted by molar-refractivity contribution is 1.10. The van der Waals surface area contributed by atoms with Gasteiger partial charge in [0.1, 0.15) is 5.82 Å². The molecular weight excluding hydrogens is 547 g/mol. The average Bonchev–Trinajstić information content (AvgIpc) is 3.60. The van der Waals surface area contributed by atoms with Crippen molar-refractivity contribution in [3.05, 3.63) is 135 Å². The molecule has 3 heterocycles. The van der Waals surface area contributed by atoms with Crippen molar-refractivity contribution in [2.75, 3.05) is 0 Å². The fourth-order valence-electron chi connectivity index (χ4n) is 6.58. The van der Waals surface area contributed by atoms with Gasteiger partial charge in [0, 0.05) is 47.5 Å². The molecule has 0 spiro atoms. The topological polar surface area (TPSA) is 39.8 Å². The van der Waals surface area contributed by atoms with E-state index in [1.807, 2.05) is 18.2 Å². The van der Waals surface area contributed by atoms with Gasteiger partial charge in [0.2, 0.25) is 0 Å². The number of fused-ring (bicyclic) bond motifs is 6. The molecule has 43 heavy (non-hydrogen) atoms. The van der Waals surface area contributed by atoms with Gasteiger partial charge in [0.25, 0.3) is 0 Å². The van der Waals surface area contributed by atoms with Crippen molar-refractivity contribution < 1.29 is 0 Å². The van der Waals surface area contributed by atoms with Crippen LogP contribution in [0.5, 0.6) is 0 Å². The Morgan fingerprint density at radius 1 is 0.605 bits per heavy atom. The molecule has 9 rings (SSSR count). The Morgan fingerprint density at radius 2 is 1.35 bits per heavy atom. The summed E-state index contributed by atoms with van der Waals surface area (Å²) in [5, 5.41) is 3.96. The standard InChI is InChI=1S/C38H25N3OS/c42-37-28-16-8-10-18-35(28)43-36-23-31-34(22-30(36)37)41(38(39-31)24-11-3-1-4-12-24)26-19-20-33-29(21-26)27-15-7-9-17-32(27)40(33)25-13-5-2-6-14-25/h1-7,9,11-23H,8,10H2. The summed E-state index contributed by atoms with van der Waals surface area (Å²) in [6, 6.07) is 40.2. The molecule has 0 unspecified atom stereocenters. The quantitative estimate of drug-likeness (QED) is 0.218. The van der Waals surface area contributed by atoms with Crippen molar-refractivity contribution in [2.24, 2.45) is 0 Å². The number of aromatic nitrogens is 3. The lowest BCUT2D eigenvalue weighted by Crippen LogP contribution is -2.38. The van der Waals surface area contributed by atoms with E-state index in [4.69, 9.17) is 4.98 Å². The van der Waals surface area contributed by atoms with Crippen LogP contribution >= 0.6 is 11.3 Å². The minimum atomic E-state index is 0.108. The van der Waals surface area contributed by atoms with Crippen LogP contribution in [-0.2, 0) is 0 Å². The molecule has 204 valence electrons. The van der Waals surface area contributed by atoms with Crippen molar-refractivity contribution in [3.8, 4) is 22.8 Å². The van der Waals surface area contributed by atoms with Gasteiger partial charge in [0.05, 0.1) is 22.1 Å². The van der Waals surface area contributed by atoms with E-state index in [2.05, 4.69) is 118 Å². The Hall–Kier alpha value is -5.26. The molecule has 0 bridgehead atoms. The minimum absolute atomic E-state index is 0.108. The summed E-state index contributed by atoms with van der Waals surface area (Å²) in [5.41, 5.74) is 7.41. The maximum Gasteiger partial charge on any atom is 0.195 e. The van der Waals surface area contributed by atoms with E-state index in [1.54, 1.807) is 11.3 Å². The summed E-state index contributed by atoms with van der Waals surface area (Å²) in [4.78, 5) is 18.9. The zero-order chi connectivity index (χ0) is 28.5. The number of nitrogens with zero attached hydrogens (tertiary/aromatic N) is 3. The predicted molar refractivity (Wildman–Crippen MR) is 180 cm³/mol. The second kappa shape index (κ2) is 9.38. The maximum absolute atomic E-state index is 13.7. The Bertz CT molecular complexity index is 2580. The molecule has 0 atom stereocenters. The summed E-state index contributed by atoms with van der Waals surface area (Å²) in [6.45, 7) is 0. The van der Waals surface area contributed by atoms with Gasteiger partial charge in [-0.2, -0.15) is 0 Å². The van der Waals surface area contributed by atoms with E-state index in [0.717, 1.165) is 72.0 Å². The number of imidazole rings is 1. The number of hydrogen-bond donors (Lipinski definition) is 0. The SMILES string of the molecule is O=c1c2c(sc3cc4nc(-c5ccccc5)n(-c5ccc6c(c5)c5ccccc5n6-c5ccccc5)c4cc13)=CCCC=2. The zero-order valence-electron chi connectivity index (χ0n) is 23.2. The van der Waals surface area contributed by atoms with E-state index in [0.29, 0.717) is 0 Å². The summed E-state index contributed by atoms with van der Waals surface area (Å²) < 4.78 is 6.60. The van der Waals surface area contributed by atoms with Crippen molar-refractivity contribution >= 4 is 66.4 Å². The van der Waals surface area contributed by atoms with Crippen LogP contribution in [0.15, 0.2) is 120 Å². The van der Waals surface area contributed by atoms with Gasteiger partial charge in [-0.25, -0.2) is 4.98 Å². The molecule has 0 amide bonds. The van der Waals surface area contributed by atoms with Crippen LogP contribution in [0.3, 0.4) is 0 Å². The number of benzene rings is 5. The summed E-state index contributed by atoms with van der Waals surface area (Å²) in [7, 11) is 0. The minimum Gasteiger partial charge on any atom is -0.309 e. The summed E-state index contributed by atoms with van der Waals surface area (Å²) in [6.07, 6.45) is 6.18. The van der Waals surface area contributed by atoms with Gasteiger partial charge in [-0.15, -0.1) is 11.3 Å². The molecule has 1 aliphatic rings. The number of para-hydroxylation sites is 2. The van der Waals surface area contributed by atoms with Gasteiger partial charge in [-0.3, -0.25) is 9.36 Å². The molecule has 4 nitrogen and oxygen atoms in total. The normalized spacial score (nSPS) is 12.9. The number of hydrogen-bond acceptors (Lipinski definition) is 3. The van der Waals surface area contributed by atoms with Gasteiger partial charge in [-0.05, 0) is 61.4 Å². The Morgan fingerprint density at radius 3 is 2.21 bits per heavy atom. The average molecular weight is 572 g/mol. The van der Waals surface area contributed by atoms with E-state index in [1.165, 1.54) is 16.3 Å². The third-order valence-corrected chi connectivity index (χ3v) is 9.70. The van der Waals surface area contributed by atoms with Crippen LogP contribution in [0, 0.1) is 0 Å². The van der Waals surface area contributed by atoms with Crippen molar-refractivity contribution in [1.29, 1.82) is 0 Å². The third-order valence-electron chi connectivity index (χ3n) is 8.54. The van der Waals surface area contributed by atoms with Crippen LogP contribution in [0.25, 0.3) is 77.8 Å². The van der Waals surface area contributed by atoms with Crippen molar-refractivity contribution in [1.82, 2.24) is 14.1 Å². The Kier molecular flexibility index (Phi) is 5.31. The van der Waals surface area contributed by atoms with Crippen LogP contribution in [-0.4, -0.2) is 14.1 Å². The highest BCUT2D eigenvalue weighted by Gasteiger charge is 2.19. The highest BCUT2D eigenvalue weighted by Crippen LogP contribution is 2.36. The number of rotatable bonds is 3. The molecule has 1 aliphatic carbocycles. The Balaban J connectivity index is 1.38. The lowest BCUT2D eigenvalue weighted by Gasteiger charge is -2.12. The molecule has 8 aromatic rings. The highest BCUT2D eigenvalue weighted by molar-refractivity contribution is 7.16. The molecule has 0 saturated carbocycles. The third kappa shape index (κ3) is 3.68. The van der Waals surface area contributed by atoms with E-state index in [-0.39, 0.29) is 5.43 Å². The molecule has 0 fully saturated rings. The van der Waals surface area contributed by atoms with Crippen LogP contribution < -0.4 is 15.2 Å². The molecule has 0 N–H and O–H groups in total. The van der Waals surface area contributed by atoms with Gasteiger partial charge < -0.3 is 4.57 Å². The fourth-order valence-corrected chi connectivity index (χ4v) is 7.74. The van der Waals surface area contributed by atoms with Crippen molar-refractivity contribution in [2.45, 2.75) is 12.8 Å². The first-order valence-corrected chi connectivity index (χ1v) is 15.4. The van der Waals surface area contributed by atoms with Crippen LogP contribution in [0.4, 0.5) is 0 Å². The van der Waals surface area contributed by atoms with Crippen molar-refractivity contribution in [3.63, 3.8) is 0 Å². The Labute approximate surface area is 250 Å². The first-order chi connectivity index (χ1) is 21.2. The molecule has 0 aliphatic heterocycles. The van der Waals surface area contributed by atoms with E-state index < -0.39 is 0 Å². The van der Waals surface area contributed by atoms with E-state index >= 15 is 0 Å². The smallest absolute Gasteiger partial charge is 0.195 e. The molecule has 0 radical (unpaired) electrons. The summed E-state index contributed by atoms with van der Waals surface area (Å²) >= 11 is 1.69. The second-order valence-corrected chi connectivity index (χ2v) is 12.1. The first kappa shape index (κ1) is 24.3. The zero-order valence-corrected chi connectivity index (χ0v) is 24.0. The largest absolute Gasteiger partial charge is 0.309 e.